The number of hydrogen-bond acceptors (Lipinski definition) is 3. The number of fused-ring (bicyclic) bond motifs is 1. The molecule has 0 aliphatic carbocycles. The third-order valence-corrected chi connectivity index (χ3v) is 5.26. The molecule has 0 amide bonds. The molecule has 2 aromatic rings. The van der Waals surface area contributed by atoms with Gasteiger partial charge in [-0.15, -0.1) is 22.9 Å². The van der Waals surface area contributed by atoms with E-state index in [1.165, 1.54) is 9.75 Å². The molecule has 2 heterocycles. The van der Waals surface area contributed by atoms with Gasteiger partial charge in [-0.3, -0.25) is 0 Å². The van der Waals surface area contributed by atoms with Gasteiger partial charge in [0.05, 0.1) is 18.6 Å². The van der Waals surface area contributed by atoms with E-state index in [-0.39, 0.29) is 5.38 Å². The molecule has 1 atom stereocenters. The molecule has 1 aliphatic heterocycles. The maximum atomic E-state index is 6.60. The SMILES string of the molecule is CCc1ccc(C(Cl)c2ccc3c(c2)OCCCO3)s1. The van der Waals surface area contributed by atoms with Crippen LogP contribution in [0.4, 0.5) is 0 Å². The van der Waals surface area contributed by atoms with E-state index >= 15 is 0 Å². The Morgan fingerprint density at radius 3 is 2.70 bits per heavy atom. The van der Waals surface area contributed by atoms with Crippen molar-refractivity contribution in [2.45, 2.75) is 25.1 Å². The van der Waals surface area contributed by atoms with Crippen molar-refractivity contribution >= 4 is 22.9 Å². The van der Waals surface area contributed by atoms with Gasteiger partial charge in [-0.05, 0) is 36.2 Å². The monoisotopic (exact) mass is 308 g/mol. The molecule has 106 valence electrons. The molecule has 1 unspecified atom stereocenters. The molecular formula is C16H17ClO2S. The number of benzene rings is 1. The van der Waals surface area contributed by atoms with Crippen LogP contribution in [0.25, 0.3) is 0 Å². The molecule has 0 N–H and O–H groups in total. The summed E-state index contributed by atoms with van der Waals surface area (Å²) in [4.78, 5) is 2.54. The Balaban J connectivity index is 1.87. The molecule has 0 saturated heterocycles. The first-order valence-corrected chi connectivity index (χ1v) is 8.15. The van der Waals surface area contributed by atoms with Gasteiger partial charge in [0.15, 0.2) is 11.5 Å². The second-order valence-electron chi connectivity index (χ2n) is 4.78. The fourth-order valence-corrected chi connectivity index (χ4v) is 3.52. The number of alkyl halides is 1. The minimum absolute atomic E-state index is 0.127. The lowest BCUT2D eigenvalue weighted by Crippen LogP contribution is -1.97. The van der Waals surface area contributed by atoms with E-state index in [1.54, 1.807) is 11.3 Å². The van der Waals surface area contributed by atoms with E-state index in [9.17, 15) is 0 Å². The fraction of sp³-hybridized carbons (Fsp3) is 0.375. The smallest absolute Gasteiger partial charge is 0.161 e. The molecule has 4 heteroatoms. The lowest BCUT2D eigenvalue weighted by Gasteiger charge is -2.12. The molecule has 0 spiro atoms. The van der Waals surface area contributed by atoms with Crippen molar-refractivity contribution in [3.8, 4) is 11.5 Å². The largest absolute Gasteiger partial charge is 0.490 e. The summed E-state index contributed by atoms with van der Waals surface area (Å²) in [7, 11) is 0. The van der Waals surface area contributed by atoms with E-state index in [2.05, 4.69) is 19.1 Å². The fourth-order valence-electron chi connectivity index (χ4n) is 2.22. The van der Waals surface area contributed by atoms with Gasteiger partial charge in [0.25, 0.3) is 0 Å². The highest BCUT2D eigenvalue weighted by atomic mass is 35.5. The molecule has 1 aromatic heterocycles. The lowest BCUT2D eigenvalue weighted by atomic mass is 10.1. The average Bonchev–Trinajstić information content (AvgIpc) is 2.84. The van der Waals surface area contributed by atoms with E-state index in [1.807, 2.05) is 18.2 Å². The predicted molar refractivity (Wildman–Crippen MR) is 83.4 cm³/mol. The minimum atomic E-state index is -0.127. The van der Waals surface area contributed by atoms with Crippen LogP contribution in [0.15, 0.2) is 30.3 Å². The number of hydrogen-bond donors (Lipinski definition) is 0. The number of thiophene rings is 1. The van der Waals surface area contributed by atoms with Crippen molar-refractivity contribution < 1.29 is 9.47 Å². The van der Waals surface area contributed by atoms with Crippen LogP contribution in [-0.4, -0.2) is 13.2 Å². The Bertz CT molecular complexity index is 594. The predicted octanol–water partition coefficient (Wildman–Crippen LogP) is 4.80. The van der Waals surface area contributed by atoms with Crippen LogP contribution in [0.2, 0.25) is 0 Å². The van der Waals surface area contributed by atoms with Crippen LogP contribution in [0.3, 0.4) is 0 Å². The van der Waals surface area contributed by atoms with Gasteiger partial charge in [0, 0.05) is 16.2 Å². The molecule has 1 aliphatic rings. The van der Waals surface area contributed by atoms with Gasteiger partial charge in [-0.2, -0.15) is 0 Å². The highest BCUT2D eigenvalue weighted by Gasteiger charge is 2.17. The summed E-state index contributed by atoms with van der Waals surface area (Å²) < 4.78 is 11.4. The van der Waals surface area contributed by atoms with Crippen LogP contribution < -0.4 is 9.47 Å². The highest BCUT2D eigenvalue weighted by molar-refractivity contribution is 7.12. The summed E-state index contributed by atoms with van der Waals surface area (Å²) >= 11 is 8.37. The van der Waals surface area contributed by atoms with Crippen LogP contribution in [0.5, 0.6) is 11.5 Å². The highest BCUT2D eigenvalue weighted by Crippen LogP contribution is 2.38. The summed E-state index contributed by atoms with van der Waals surface area (Å²) in [5.74, 6) is 1.62. The summed E-state index contributed by atoms with van der Waals surface area (Å²) in [5, 5.41) is -0.127. The van der Waals surface area contributed by atoms with E-state index in [0.29, 0.717) is 13.2 Å². The van der Waals surface area contributed by atoms with E-state index < -0.39 is 0 Å². The van der Waals surface area contributed by atoms with Gasteiger partial charge in [0.2, 0.25) is 0 Å². The van der Waals surface area contributed by atoms with E-state index in [4.69, 9.17) is 21.1 Å². The molecule has 0 saturated carbocycles. The molecule has 0 radical (unpaired) electrons. The Kier molecular flexibility index (Phi) is 4.18. The zero-order chi connectivity index (χ0) is 13.9. The van der Waals surface area contributed by atoms with Crippen LogP contribution in [0, 0.1) is 0 Å². The molecule has 0 fully saturated rings. The lowest BCUT2D eigenvalue weighted by molar-refractivity contribution is 0.297. The second kappa shape index (κ2) is 6.06. The van der Waals surface area contributed by atoms with Crippen molar-refractivity contribution in [3.63, 3.8) is 0 Å². The van der Waals surface area contributed by atoms with E-state index in [0.717, 1.165) is 29.9 Å². The Hall–Kier alpha value is -1.19. The zero-order valence-electron chi connectivity index (χ0n) is 11.4. The third-order valence-electron chi connectivity index (χ3n) is 3.34. The summed E-state index contributed by atoms with van der Waals surface area (Å²) in [5.41, 5.74) is 1.06. The van der Waals surface area contributed by atoms with Gasteiger partial charge in [-0.1, -0.05) is 13.0 Å². The topological polar surface area (TPSA) is 18.5 Å². The standard InChI is InChI=1S/C16H17ClO2S/c1-2-12-5-7-15(20-12)16(17)11-4-6-13-14(10-11)19-9-3-8-18-13/h4-7,10,16H,2-3,8-9H2,1H3. The normalized spacial score (nSPS) is 15.7. The van der Waals surface area contributed by atoms with Crippen molar-refractivity contribution in [1.82, 2.24) is 0 Å². The zero-order valence-corrected chi connectivity index (χ0v) is 13.0. The van der Waals surface area contributed by atoms with Gasteiger partial charge >= 0.3 is 0 Å². The summed E-state index contributed by atoms with van der Waals surface area (Å²) in [6, 6.07) is 10.3. The van der Waals surface area contributed by atoms with Crippen molar-refractivity contribution in [2.24, 2.45) is 0 Å². The maximum Gasteiger partial charge on any atom is 0.161 e. The Morgan fingerprint density at radius 1 is 1.15 bits per heavy atom. The second-order valence-corrected chi connectivity index (χ2v) is 6.41. The van der Waals surface area contributed by atoms with Crippen molar-refractivity contribution in [1.29, 1.82) is 0 Å². The first kappa shape index (κ1) is 13.8. The first-order chi connectivity index (χ1) is 9.78. The van der Waals surface area contributed by atoms with Gasteiger partial charge in [-0.25, -0.2) is 0 Å². The number of halogens is 1. The number of ether oxygens (including phenoxy) is 2. The van der Waals surface area contributed by atoms with Crippen molar-refractivity contribution in [3.05, 3.63) is 45.6 Å². The average molecular weight is 309 g/mol. The van der Waals surface area contributed by atoms with Crippen LogP contribution in [0.1, 0.15) is 34.0 Å². The van der Waals surface area contributed by atoms with Crippen LogP contribution in [-0.2, 0) is 6.42 Å². The quantitative estimate of drug-likeness (QED) is 0.758. The molecular weight excluding hydrogens is 292 g/mol. The molecule has 20 heavy (non-hydrogen) atoms. The summed E-state index contributed by atoms with van der Waals surface area (Å²) in [6.07, 6.45) is 1.97. The maximum absolute atomic E-state index is 6.60. The molecule has 3 rings (SSSR count). The molecule has 0 bridgehead atoms. The van der Waals surface area contributed by atoms with Gasteiger partial charge in [0.1, 0.15) is 0 Å². The summed E-state index contributed by atoms with van der Waals surface area (Å²) in [6.45, 7) is 3.57. The van der Waals surface area contributed by atoms with Crippen molar-refractivity contribution in [2.75, 3.05) is 13.2 Å². The van der Waals surface area contributed by atoms with Crippen LogP contribution >= 0.6 is 22.9 Å². The van der Waals surface area contributed by atoms with Gasteiger partial charge < -0.3 is 9.47 Å². The Morgan fingerprint density at radius 2 is 1.95 bits per heavy atom. The molecule has 1 aromatic carbocycles. The molecule has 2 nitrogen and oxygen atoms in total. The number of rotatable bonds is 3. The minimum Gasteiger partial charge on any atom is -0.490 e. The third kappa shape index (κ3) is 2.79. The Labute approximate surface area is 128 Å². The number of aryl methyl sites for hydroxylation is 1. The first-order valence-electron chi connectivity index (χ1n) is 6.90.